The molecule has 1 aliphatic heterocycles. The molecule has 0 radical (unpaired) electrons. The second-order valence-corrected chi connectivity index (χ2v) is 8.72. The van der Waals surface area contributed by atoms with Crippen LogP contribution in [-0.4, -0.2) is 59.0 Å². The number of fused-ring (bicyclic) bond motifs is 3. The van der Waals surface area contributed by atoms with Crippen LogP contribution in [0.4, 0.5) is 11.5 Å². The SMILES string of the molecule is COc1ccc(Nc2ncnc3ccc4nc(C(N)=NCCN5CCCC5)sc4c23)cc1. The summed E-state index contributed by atoms with van der Waals surface area (Å²) in [6.45, 7) is 3.95. The van der Waals surface area contributed by atoms with Gasteiger partial charge in [-0.25, -0.2) is 15.0 Å². The van der Waals surface area contributed by atoms with Gasteiger partial charge < -0.3 is 20.7 Å². The largest absolute Gasteiger partial charge is 0.497 e. The Morgan fingerprint density at radius 1 is 1.12 bits per heavy atom. The molecule has 0 aliphatic carbocycles. The number of rotatable bonds is 7. The van der Waals surface area contributed by atoms with Crippen LogP contribution >= 0.6 is 11.3 Å². The van der Waals surface area contributed by atoms with Crippen LogP contribution in [0.5, 0.6) is 5.75 Å². The number of methoxy groups -OCH3 is 1. The maximum Gasteiger partial charge on any atom is 0.159 e. The normalized spacial score (nSPS) is 15.0. The van der Waals surface area contributed by atoms with Crippen molar-refractivity contribution in [1.29, 1.82) is 0 Å². The van der Waals surface area contributed by atoms with E-state index in [1.807, 2.05) is 36.4 Å². The second kappa shape index (κ2) is 9.05. The summed E-state index contributed by atoms with van der Waals surface area (Å²) in [5.74, 6) is 2.02. The molecule has 9 heteroatoms. The number of likely N-dealkylation sites (tertiary alicyclic amines) is 1. The Labute approximate surface area is 190 Å². The van der Waals surface area contributed by atoms with Gasteiger partial charge in [-0.05, 0) is 62.3 Å². The van der Waals surface area contributed by atoms with Crippen LogP contribution in [0.3, 0.4) is 0 Å². The average molecular weight is 448 g/mol. The first-order valence-corrected chi connectivity index (χ1v) is 11.5. The molecular formula is C23H25N7OS. The Hall–Kier alpha value is -3.30. The first-order chi connectivity index (χ1) is 15.7. The van der Waals surface area contributed by atoms with Crippen LogP contribution in [0.2, 0.25) is 0 Å². The first kappa shape index (κ1) is 20.6. The number of aliphatic imine (C=N–C) groups is 1. The highest BCUT2D eigenvalue weighted by atomic mass is 32.1. The van der Waals surface area contributed by atoms with Crippen LogP contribution < -0.4 is 15.8 Å². The molecule has 8 nitrogen and oxygen atoms in total. The molecule has 0 unspecified atom stereocenters. The highest BCUT2D eigenvalue weighted by Gasteiger charge is 2.15. The summed E-state index contributed by atoms with van der Waals surface area (Å²) in [5.41, 5.74) is 8.92. The third-order valence-corrected chi connectivity index (χ3v) is 6.74. The molecule has 0 bridgehead atoms. The molecule has 5 rings (SSSR count). The second-order valence-electron chi connectivity index (χ2n) is 7.72. The number of amidine groups is 1. The molecule has 0 amide bonds. The predicted molar refractivity (Wildman–Crippen MR) is 130 cm³/mol. The van der Waals surface area contributed by atoms with Crippen LogP contribution in [0.15, 0.2) is 47.7 Å². The number of ether oxygens (including phenoxy) is 1. The number of hydrogen-bond acceptors (Lipinski definition) is 8. The minimum Gasteiger partial charge on any atom is -0.497 e. The van der Waals surface area contributed by atoms with Crippen molar-refractivity contribution in [3.05, 3.63) is 47.7 Å². The van der Waals surface area contributed by atoms with Gasteiger partial charge in [0.2, 0.25) is 0 Å². The molecule has 2 aromatic carbocycles. The zero-order chi connectivity index (χ0) is 21.9. The fourth-order valence-corrected chi connectivity index (χ4v) is 4.96. The van der Waals surface area contributed by atoms with E-state index in [1.54, 1.807) is 13.4 Å². The maximum absolute atomic E-state index is 6.30. The number of thiazole rings is 1. The van der Waals surface area contributed by atoms with Crippen LogP contribution in [0.25, 0.3) is 21.1 Å². The number of benzene rings is 2. The van der Waals surface area contributed by atoms with Crippen LogP contribution in [0, 0.1) is 0 Å². The molecule has 2 aromatic heterocycles. The van der Waals surface area contributed by atoms with Crippen molar-refractivity contribution in [1.82, 2.24) is 19.9 Å². The zero-order valence-corrected chi connectivity index (χ0v) is 18.7. The number of nitrogens with zero attached hydrogens (tertiary/aromatic N) is 5. The Kier molecular flexibility index (Phi) is 5.83. The van der Waals surface area contributed by atoms with E-state index in [4.69, 9.17) is 15.5 Å². The fourth-order valence-electron chi connectivity index (χ4n) is 3.93. The third kappa shape index (κ3) is 4.21. The molecule has 164 valence electrons. The van der Waals surface area contributed by atoms with Gasteiger partial charge in [-0.3, -0.25) is 4.99 Å². The maximum atomic E-state index is 6.30. The molecule has 32 heavy (non-hydrogen) atoms. The molecule has 4 aromatic rings. The summed E-state index contributed by atoms with van der Waals surface area (Å²) < 4.78 is 6.24. The predicted octanol–water partition coefficient (Wildman–Crippen LogP) is 3.79. The van der Waals surface area contributed by atoms with Gasteiger partial charge in [0, 0.05) is 12.2 Å². The van der Waals surface area contributed by atoms with Crippen molar-refractivity contribution in [2.75, 3.05) is 38.6 Å². The Balaban J connectivity index is 1.46. The molecule has 0 spiro atoms. The highest BCUT2D eigenvalue weighted by Crippen LogP contribution is 2.34. The van der Waals surface area contributed by atoms with Gasteiger partial charge in [0.05, 0.1) is 34.8 Å². The van der Waals surface area contributed by atoms with Crippen molar-refractivity contribution in [3.8, 4) is 5.75 Å². The summed E-state index contributed by atoms with van der Waals surface area (Å²) in [6, 6.07) is 11.7. The van der Waals surface area contributed by atoms with Crippen LogP contribution in [0.1, 0.15) is 17.8 Å². The summed E-state index contributed by atoms with van der Waals surface area (Å²) >= 11 is 1.53. The Morgan fingerprint density at radius 3 is 2.69 bits per heavy atom. The molecule has 0 saturated carbocycles. The molecule has 1 saturated heterocycles. The highest BCUT2D eigenvalue weighted by molar-refractivity contribution is 7.21. The van der Waals surface area contributed by atoms with Gasteiger partial charge in [0.25, 0.3) is 0 Å². The lowest BCUT2D eigenvalue weighted by molar-refractivity contribution is 0.349. The number of aromatic nitrogens is 3. The molecule has 1 fully saturated rings. The summed E-state index contributed by atoms with van der Waals surface area (Å²) in [6.07, 6.45) is 4.12. The van der Waals surface area contributed by atoms with Crippen molar-refractivity contribution in [2.45, 2.75) is 12.8 Å². The monoisotopic (exact) mass is 447 g/mol. The minimum atomic E-state index is 0.486. The smallest absolute Gasteiger partial charge is 0.159 e. The lowest BCUT2D eigenvalue weighted by atomic mass is 10.2. The lowest BCUT2D eigenvalue weighted by Crippen LogP contribution is -2.24. The summed E-state index contributed by atoms with van der Waals surface area (Å²) in [7, 11) is 1.65. The van der Waals surface area contributed by atoms with Crippen molar-refractivity contribution in [3.63, 3.8) is 0 Å². The number of anilines is 2. The number of nitrogens with two attached hydrogens (primary N) is 1. The van der Waals surface area contributed by atoms with E-state index in [0.717, 1.165) is 63.0 Å². The quantitative estimate of drug-likeness (QED) is 0.328. The molecular weight excluding hydrogens is 422 g/mol. The molecule has 3 heterocycles. The van der Waals surface area contributed by atoms with E-state index in [0.29, 0.717) is 12.4 Å². The number of hydrogen-bond donors (Lipinski definition) is 2. The Morgan fingerprint density at radius 2 is 1.91 bits per heavy atom. The van der Waals surface area contributed by atoms with Crippen molar-refractivity contribution >= 4 is 49.8 Å². The van der Waals surface area contributed by atoms with Gasteiger partial charge >= 0.3 is 0 Å². The Bertz CT molecular complexity index is 1260. The van der Waals surface area contributed by atoms with Crippen molar-refractivity contribution < 1.29 is 4.74 Å². The third-order valence-electron chi connectivity index (χ3n) is 5.63. The standard InChI is InChI=1S/C23H25N7OS/c1-31-16-6-4-15(5-7-16)28-22-19-17(26-14-27-22)8-9-18-20(19)32-23(29-18)21(24)25-10-13-30-11-2-3-12-30/h4-9,14H,2-3,10-13H2,1H3,(H2,24,25)(H,26,27,28). The summed E-state index contributed by atoms with van der Waals surface area (Å²) in [5, 5.41) is 5.05. The van der Waals surface area contributed by atoms with E-state index >= 15 is 0 Å². The van der Waals surface area contributed by atoms with E-state index in [1.165, 1.54) is 24.2 Å². The fraction of sp³-hybridized carbons (Fsp3) is 0.304. The van der Waals surface area contributed by atoms with Crippen molar-refractivity contribution in [2.24, 2.45) is 10.7 Å². The zero-order valence-electron chi connectivity index (χ0n) is 17.9. The summed E-state index contributed by atoms with van der Waals surface area (Å²) in [4.78, 5) is 20.7. The number of nitrogens with one attached hydrogen (secondary N) is 1. The molecule has 3 N–H and O–H groups in total. The van der Waals surface area contributed by atoms with E-state index in [9.17, 15) is 0 Å². The first-order valence-electron chi connectivity index (χ1n) is 10.7. The van der Waals surface area contributed by atoms with Gasteiger partial charge in [-0.1, -0.05) is 0 Å². The van der Waals surface area contributed by atoms with E-state index in [2.05, 4.69) is 25.2 Å². The van der Waals surface area contributed by atoms with Gasteiger partial charge in [-0.2, -0.15) is 0 Å². The van der Waals surface area contributed by atoms with Gasteiger partial charge in [-0.15, -0.1) is 11.3 Å². The van der Waals surface area contributed by atoms with E-state index < -0.39 is 0 Å². The molecule has 0 atom stereocenters. The topological polar surface area (TPSA) is 102 Å². The average Bonchev–Trinajstić information content (AvgIpc) is 3.49. The molecule has 1 aliphatic rings. The minimum absolute atomic E-state index is 0.486. The van der Waals surface area contributed by atoms with E-state index in [-0.39, 0.29) is 0 Å². The van der Waals surface area contributed by atoms with Gasteiger partial charge in [0.1, 0.15) is 17.9 Å². The lowest BCUT2D eigenvalue weighted by Gasteiger charge is -2.11. The van der Waals surface area contributed by atoms with Crippen LogP contribution in [-0.2, 0) is 0 Å². The van der Waals surface area contributed by atoms with Gasteiger partial charge in [0.15, 0.2) is 10.8 Å².